The number of halogens is 1. The van der Waals surface area contributed by atoms with E-state index in [2.05, 4.69) is 4.90 Å². The molecular formula is C15H20FNO3. The second kappa shape index (κ2) is 7.36. The van der Waals surface area contributed by atoms with Crippen LogP contribution < -0.4 is 0 Å². The van der Waals surface area contributed by atoms with Crippen molar-refractivity contribution >= 4 is 5.97 Å². The number of carboxylic acids is 1. The molecule has 1 N–H and O–H groups in total. The van der Waals surface area contributed by atoms with Gasteiger partial charge in [0.25, 0.3) is 0 Å². The van der Waals surface area contributed by atoms with Crippen molar-refractivity contribution in [1.82, 2.24) is 4.90 Å². The van der Waals surface area contributed by atoms with Gasteiger partial charge in [-0.25, -0.2) is 4.39 Å². The number of ether oxygens (including phenoxy) is 1. The standard InChI is InChI=1S/C15H20FNO3/c16-14-3-1-12(2-4-14)11-13(15(18)19)5-6-17-7-9-20-10-8-17/h1-4,13H,5-11H2,(H,18,19). The van der Waals surface area contributed by atoms with Crippen LogP contribution in [0.5, 0.6) is 0 Å². The van der Waals surface area contributed by atoms with E-state index in [1.54, 1.807) is 12.1 Å². The van der Waals surface area contributed by atoms with E-state index in [4.69, 9.17) is 4.74 Å². The van der Waals surface area contributed by atoms with E-state index in [0.29, 0.717) is 12.8 Å². The summed E-state index contributed by atoms with van der Waals surface area (Å²) in [5.74, 6) is -1.51. The lowest BCUT2D eigenvalue weighted by Crippen LogP contribution is -2.38. The highest BCUT2D eigenvalue weighted by molar-refractivity contribution is 5.70. The highest BCUT2D eigenvalue weighted by atomic mass is 19.1. The number of aliphatic carboxylic acids is 1. The van der Waals surface area contributed by atoms with Gasteiger partial charge in [-0.1, -0.05) is 12.1 Å². The van der Waals surface area contributed by atoms with Gasteiger partial charge in [-0.15, -0.1) is 0 Å². The van der Waals surface area contributed by atoms with E-state index < -0.39 is 11.9 Å². The van der Waals surface area contributed by atoms with Gasteiger partial charge < -0.3 is 9.84 Å². The molecule has 0 radical (unpaired) electrons. The van der Waals surface area contributed by atoms with Crippen LogP contribution in [0.2, 0.25) is 0 Å². The molecule has 0 aliphatic carbocycles. The van der Waals surface area contributed by atoms with Gasteiger partial charge in [0.05, 0.1) is 19.1 Å². The summed E-state index contributed by atoms with van der Waals surface area (Å²) < 4.78 is 18.1. The number of carboxylic acid groups (broad SMARTS) is 1. The van der Waals surface area contributed by atoms with Gasteiger partial charge in [-0.05, 0) is 37.1 Å². The first-order chi connectivity index (χ1) is 9.65. The van der Waals surface area contributed by atoms with Crippen molar-refractivity contribution in [3.63, 3.8) is 0 Å². The largest absolute Gasteiger partial charge is 0.481 e. The molecule has 1 heterocycles. The lowest BCUT2D eigenvalue weighted by Gasteiger charge is -2.27. The van der Waals surface area contributed by atoms with E-state index in [9.17, 15) is 14.3 Å². The number of rotatable bonds is 6. The predicted octanol–water partition coefficient (Wildman–Crippen LogP) is 1.79. The van der Waals surface area contributed by atoms with Crippen LogP contribution in [0.3, 0.4) is 0 Å². The average molecular weight is 281 g/mol. The molecule has 1 saturated heterocycles. The number of hydrogen-bond donors (Lipinski definition) is 1. The smallest absolute Gasteiger partial charge is 0.306 e. The second-order valence-corrected chi connectivity index (χ2v) is 5.11. The molecule has 0 amide bonds. The van der Waals surface area contributed by atoms with E-state index in [0.717, 1.165) is 38.4 Å². The van der Waals surface area contributed by atoms with E-state index in [-0.39, 0.29) is 5.82 Å². The topological polar surface area (TPSA) is 49.8 Å². The van der Waals surface area contributed by atoms with Crippen LogP contribution in [0.15, 0.2) is 24.3 Å². The number of hydrogen-bond acceptors (Lipinski definition) is 3. The third-order valence-electron chi connectivity index (χ3n) is 3.64. The van der Waals surface area contributed by atoms with Crippen LogP contribution in [0, 0.1) is 11.7 Å². The highest BCUT2D eigenvalue weighted by Crippen LogP contribution is 2.15. The fourth-order valence-corrected chi connectivity index (χ4v) is 2.38. The lowest BCUT2D eigenvalue weighted by molar-refractivity contribution is -0.142. The summed E-state index contributed by atoms with van der Waals surface area (Å²) in [4.78, 5) is 13.6. The van der Waals surface area contributed by atoms with Gasteiger partial charge in [0, 0.05) is 13.1 Å². The summed E-state index contributed by atoms with van der Waals surface area (Å²) in [5, 5.41) is 9.30. The van der Waals surface area contributed by atoms with Crippen molar-refractivity contribution < 1.29 is 19.0 Å². The fraction of sp³-hybridized carbons (Fsp3) is 0.533. The number of nitrogens with zero attached hydrogens (tertiary/aromatic N) is 1. The Kier molecular flexibility index (Phi) is 5.49. The van der Waals surface area contributed by atoms with E-state index in [1.807, 2.05) is 0 Å². The van der Waals surface area contributed by atoms with Gasteiger partial charge >= 0.3 is 5.97 Å². The van der Waals surface area contributed by atoms with Crippen LogP contribution in [-0.2, 0) is 16.0 Å². The molecule has 1 atom stereocenters. The molecule has 2 rings (SSSR count). The fourth-order valence-electron chi connectivity index (χ4n) is 2.38. The first-order valence-electron chi connectivity index (χ1n) is 6.92. The average Bonchev–Trinajstić information content (AvgIpc) is 2.46. The quantitative estimate of drug-likeness (QED) is 0.863. The van der Waals surface area contributed by atoms with Crippen LogP contribution in [0.4, 0.5) is 4.39 Å². The van der Waals surface area contributed by atoms with Crippen molar-refractivity contribution in [3.8, 4) is 0 Å². The van der Waals surface area contributed by atoms with Crippen LogP contribution >= 0.6 is 0 Å². The van der Waals surface area contributed by atoms with Gasteiger partial charge in [-0.2, -0.15) is 0 Å². The molecule has 1 fully saturated rings. The van der Waals surface area contributed by atoms with Crippen LogP contribution in [0.25, 0.3) is 0 Å². The minimum atomic E-state index is -0.789. The van der Waals surface area contributed by atoms with Crippen molar-refractivity contribution in [2.75, 3.05) is 32.8 Å². The first kappa shape index (κ1) is 14.9. The summed E-state index contributed by atoms with van der Waals surface area (Å²) in [6, 6.07) is 6.05. The number of carbonyl (C=O) groups is 1. The van der Waals surface area contributed by atoms with Crippen LogP contribution in [0.1, 0.15) is 12.0 Å². The molecule has 0 aromatic heterocycles. The summed E-state index contributed by atoms with van der Waals surface area (Å²) >= 11 is 0. The Balaban J connectivity index is 1.86. The normalized spacial score (nSPS) is 17.9. The molecule has 0 spiro atoms. The van der Waals surface area contributed by atoms with Crippen molar-refractivity contribution in [3.05, 3.63) is 35.6 Å². The third-order valence-corrected chi connectivity index (χ3v) is 3.64. The number of morpholine rings is 1. The summed E-state index contributed by atoms with van der Waals surface area (Å²) in [6.07, 6.45) is 1.05. The van der Waals surface area contributed by atoms with E-state index in [1.165, 1.54) is 12.1 Å². The summed E-state index contributed by atoms with van der Waals surface area (Å²) in [6.45, 7) is 3.93. The van der Waals surface area contributed by atoms with Crippen molar-refractivity contribution in [1.29, 1.82) is 0 Å². The zero-order chi connectivity index (χ0) is 14.4. The monoisotopic (exact) mass is 281 g/mol. The van der Waals surface area contributed by atoms with Crippen molar-refractivity contribution in [2.24, 2.45) is 5.92 Å². The van der Waals surface area contributed by atoms with Crippen molar-refractivity contribution in [2.45, 2.75) is 12.8 Å². The molecule has 1 unspecified atom stereocenters. The highest BCUT2D eigenvalue weighted by Gasteiger charge is 2.20. The maximum Gasteiger partial charge on any atom is 0.306 e. The third kappa shape index (κ3) is 4.58. The van der Waals surface area contributed by atoms with Gasteiger partial charge in [-0.3, -0.25) is 9.69 Å². The molecular weight excluding hydrogens is 261 g/mol. The minimum absolute atomic E-state index is 0.297. The molecule has 0 saturated carbocycles. The number of benzene rings is 1. The summed E-state index contributed by atoms with van der Waals surface area (Å²) in [5.41, 5.74) is 0.862. The van der Waals surface area contributed by atoms with Gasteiger partial charge in [0.2, 0.25) is 0 Å². The molecule has 0 bridgehead atoms. The Hall–Kier alpha value is -1.46. The Morgan fingerprint density at radius 2 is 1.95 bits per heavy atom. The van der Waals surface area contributed by atoms with Gasteiger partial charge in [0.1, 0.15) is 5.82 Å². The Labute approximate surface area is 118 Å². The van der Waals surface area contributed by atoms with E-state index >= 15 is 0 Å². The molecule has 5 heteroatoms. The van der Waals surface area contributed by atoms with Gasteiger partial charge in [0.15, 0.2) is 0 Å². The molecule has 1 aromatic carbocycles. The zero-order valence-electron chi connectivity index (χ0n) is 11.4. The molecule has 110 valence electrons. The molecule has 1 aliphatic rings. The summed E-state index contributed by atoms with van der Waals surface area (Å²) in [7, 11) is 0. The minimum Gasteiger partial charge on any atom is -0.481 e. The maximum absolute atomic E-state index is 12.8. The Morgan fingerprint density at radius 1 is 1.30 bits per heavy atom. The molecule has 4 nitrogen and oxygen atoms in total. The Bertz CT molecular complexity index is 429. The SMILES string of the molecule is O=C(O)C(CCN1CCOCC1)Cc1ccc(F)cc1. The Morgan fingerprint density at radius 3 is 2.55 bits per heavy atom. The lowest BCUT2D eigenvalue weighted by atomic mass is 9.96. The zero-order valence-corrected chi connectivity index (χ0v) is 11.4. The molecule has 20 heavy (non-hydrogen) atoms. The molecule has 1 aromatic rings. The second-order valence-electron chi connectivity index (χ2n) is 5.11. The first-order valence-corrected chi connectivity index (χ1v) is 6.92. The van der Waals surface area contributed by atoms with Crippen LogP contribution in [-0.4, -0.2) is 48.8 Å². The molecule has 1 aliphatic heterocycles. The predicted molar refractivity (Wildman–Crippen MR) is 73.1 cm³/mol. The maximum atomic E-state index is 12.8.